The lowest BCUT2D eigenvalue weighted by Gasteiger charge is -2.31. The van der Waals surface area contributed by atoms with Gasteiger partial charge in [0, 0.05) is 78.0 Å². The summed E-state index contributed by atoms with van der Waals surface area (Å²) in [5.41, 5.74) is 0.727. The third-order valence-electron chi connectivity index (χ3n) is 13.7. The number of phenolic OH excluding ortho intramolecular Hbond substituents is 2. The van der Waals surface area contributed by atoms with Crippen LogP contribution in [0, 0.1) is 5.92 Å². The summed E-state index contributed by atoms with van der Waals surface area (Å²) in [7, 11) is 3.08. The number of carboxylic acids is 1. The number of likely N-dealkylation sites (N-methyl/N-ethyl adjacent to an activating group) is 1. The highest BCUT2D eigenvalue weighted by Gasteiger charge is 2.41. The number of carbonyl (C=O) groups excluding carboxylic acids is 12. The first-order valence-electron chi connectivity index (χ1n) is 28.5. The van der Waals surface area contributed by atoms with Gasteiger partial charge in [-0.15, -0.1) is 0 Å². The van der Waals surface area contributed by atoms with Crippen molar-refractivity contribution < 1.29 is 82.8 Å². The molecule has 12 amide bonds. The molecule has 15 N–H and O–H groups in total. The van der Waals surface area contributed by atoms with Gasteiger partial charge < -0.3 is 83.8 Å². The number of hydrogen-bond donors (Lipinski definition) is 15. The van der Waals surface area contributed by atoms with Crippen molar-refractivity contribution in [3.8, 4) is 11.5 Å². The van der Waals surface area contributed by atoms with Gasteiger partial charge in [0.25, 0.3) is 0 Å². The molecular weight excluding hydrogens is 1190 g/mol. The maximum Gasteiger partial charge on any atom is 0.305 e. The van der Waals surface area contributed by atoms with Crippen LogP contribution in [0.2, 0.25) is 0 Å². The Kier molecular flexibility index (Phi) is 29.7. The Labute approximate surface area is 516 Å². The van der Waals surface area contributed by atoms with E-state index in [9.17, 15) is 82.8 Å². The number of aliphatic hydroxyl groups is 1. The first-order chi connectivity index (χ1) is 41.6. The maximum absolute atomic E-state index is 14.6. The second-order valence-electron chi connectivity index (χ2n) is 21.5. The Morgan fingerprint density at radius 2 is 1.23 bits per heavy atom. The number of aromatic hydroxyl groups is 2. The summed E-state index contributed by atoms with van der Waals surface area (Å²) in [4.78, 5) is 179. The largest absolute Gasteiger partial charge is 0.508 e. The van der Waals surface area contributed by atoms with Crippen LogP contribution in [0.4, 0.5) is 0 Å². The predicted molar refractivity (Wildman–Crippen MR) is 321 cm³/mol. The van der Waals surface area contributed by atoms with Gasteiger partial charge in [0.05, 0.1) is 25.6 Å². The quantitative estimate of drug-likeness (QED) is 0.0500. The van der Waals surface area contributed by atoms with E-state index in [-0.39, 0.29) is 106 Å². The molecule has 0 aliphatic carbocycles. The van der Waals surface area contributed by atoms with Crippen LogP contribution in [-0.2, 0) is 75.2 Å². The molecule has 2 fully saturated rings. The van der Waals surface area contributed by atoms with E-state index in [1.807, 2.05) is 13.8 Å². The zero-order chi connectivity index (χ0) is 65.2. The summed E-state index contributed by atoms with van der Waals surface area (Å²) in [5, 5.41) is 68.5. The second kappa shape index (κ2) is 36.2. The minimum Gasteiger partial charge on any atom is -0.508 e. The minimum atomic E-state index is -1.97. The van der Waals surface area contributed by atoms with E-state index < -0.39 is 132 Å². The van der Waals surface area contributed by atoms with Crippen LogP contribution in [0.1, 0.15) is 71.4 Å². The van der Waals surface area contributed by atoms with E-state index in [2.05, 4.69) is 58.5 Å². The van der Waals surface area contributed by atoms with E-state index >= 15 is 0 Å². The summed E-state index contributed by atoms with van der Waals surface area (Å²) in [6, 6.07) is -1.36. The molecule has 2 aliphatic rings. The lowest BCUT2D eigenvalue weighted by atomic mass is 10.0. The van der Waals surface area contributed by atoms with Gasteiger partial charge >= 0.3 is 5.97 Å². The van der Waals surface area contributed by atoms with Crippen molar-refractivity contribution in [1.82, 2.24) is 68.3 Å². The summed E-state index contributed by atoms with van der Waals surface area (Å²) in [6.07, 6.45) is -2.76. The molecule has 30 nitrogen and oxygen atoms in total. The Hall–Kier alpha value is -8.23. The number of phenols is 2. The van der Waals surface area contributed by atoms with Gasteiger partial charge in [-0.3, -0.25) is 67.2 Å². The number of carbonyl (C=O) groups is 13. The molecule has 2 aliphatic heterocycles. The molecule has 2 saturated heterocycles. The van der Waals surface area contributed by atoms with E-state index in [1.165, 1.54) is 81.2 Å². The van der Waals surface area contributed by atoms with Crippen molar-refractivity contribution in [2.75, 3.05) is 64.4 Å². The molecule has 9 atom stereocenters. The normalized spacial score (nSPS) is 21.8. The van der Waals surface area contributed by atoms with Gasteiger partial charge in [-0.25, -0.2) is 0 Å². The number of nitrogens with zero attached hydrogens (tertiary/aromatic N) is 2. The molecule has 2 aromatic carbocycles. The molecule has 0 spiro atoms. The highest BCUT2D eigenvalue weighted by Crippen LogP contribution is 2.25. The number of carboxylic acid groups (broad SMARTS) is 1. The Balaban J connectivity index is 1.73. The standard InChI is InChI=1S/C56H81N13O17S2/c1-30(2)22-41(61-46(76)27-68(20-17-58-32(4)71)21-18-59-33(5)72)56(86)69-19-7-8-44(69)54(84)65-43-29-88-87-28-42(49(79)57-6)66-55(85)48(31(3)70)67-45(75)26-60-50(80)38(23-34-9-13-36(73)14-10-34)62-51(81)39(24-35-11-15-37(74)16-12-35)63-52(82)40(25-47(77)78)64-53(43)83/h9-16,30-31,38-44,48,70,73-74H,7-8,17-29H2,1-6H3,(H,57,79)(H,58,71)(H,59,72)(H,60,80)(H,61,76)(H,62,81)(H,63,82)(H,64,83)(H,65,84)(H,66,85)(H,67,75)(H,77,78)/t31?,38-,39-,40-,41-,42-,43-,44-,48-/m0/s1. The summed E-state index contributed by atoms with van der Waals surface area (Å²) in [6.45, 7) is 7.31. The van der Waals surface area contributed by atoms with Gasteiger partial charge in [-0.1, -0.05) is 59.7 Å². The number of hydrogen-bond acceptors (Lipinski definition) is 19. The first-order valence-corrected chi connectivity index (χ1v) is 30.9. The number of aliphatic hydroxyl groups excluding tert-OH is 1. The molecule has 4 rings (SSSR count). The topological polar surface area (TPSA) is 442 Å². The minimum absolute atomic E-state index is 0.0522. The van der Waals surface area contributed by atoms with Crippen molar-refractivity contribution in [3.63, 3.8) is 0 Å². The van der Waals surface area contributed by atoms with Crippen molar-refractivity contribution in [2.45, 2.75) is 128 Å². The van der Waals surface area contributed by atoms with Crippen LogP contribution in [0.5, 0.6) is 11.5 Å². The van der Waals surface area contributed by atoms with Gasteiger partial charge in [-0.05, 0) is 67.5 Å². The third kappa shape index (κ3) is 24.9. The molecule has 2 aromatic rings. The van der Waals surface area contributed by atoms with Gasteiger partial charge in [0.1, 0.15) is 59.8 Å². The SMILES string of the molecule is CNC(=O)[C@@H]1CSSC[C@H](NC(=O)[C@@H]2CCCN2C(=O)[C@H](CC(C)C)NC(=O)CN(CCNC(C)=O)CCNC(C)=O)C(=O)N[C@@H](CC(=O)O)C(=O)N[C@@H](Cc2ccc(O)cc2)C(=O)N[C@@H](Cc2ccc(O)cc2)C(=O)NCC(=O)N[C@@H](C(C)O)C(=O)N1. The number of likely N-dealkylation sites (tertiary alicyclic amines) is 1. The zero-order valence-corrected chi connectivity index (χ0v) is 51.4. The molecule has 0 aromatic heterocycles. The Morgan fingerprint density at radius 1 is 0.693 bits per heavy atom. The molecule has 2 heterocycles. The molecule has 0 radical (unpaired) electrons. The zero-order valence-electron chi connectivity index (χ0n) is 49.8. The molecule has 0 bridgehead atoms. The molecule has 484 valence electrons. The number of amides is 12. The molecular formula is C56H81N13O17S2. The van der Waals surface area contributed by atoms with E-state index in [1.54, 1.807) is 4.90 Å². The molecule has 32 heteroatoms. The maximum atomic E-state index is 14.6. The van der Waals surface area contributed by atoms with Crippen molar-refractivity contribution in [2.24, 2.45) is 5.92 Å². The lowest BCUT2D eigenvalue weighted by Crippen LogP contribution is -2.61. The van der Waals surface area contributed by atoms with Crippen molar-refractivity contribution >= 4 is 98.4 Å². The van der Waals surface area contributed by atoms with Crippen LogP contribution in [0.15, 0.2) is 48.5 Å². The van der Waals surface area contributed by atoms with Gasteiger partial charge in [-0.2, -0.15) is 0 Å². The van der Waals surface area contributed by atoms with Crippen LogP contribution >= 0.6 is 21.6 Å². The fraction of sp³-hybridized carbons (Fsp3) is 0.554. The predicted octanol–water partition coefficient (Wildman–Crippen LogP) is -4.00. The fourth-order valence-electron chi connectivity index (χ4n) is 9.27. The second-order valence-corrected chi connectivity index (χ2v) is 24.1. The van der Waals surface area contributed by atoms with Crippen LogP contribution in [-0.4, -0.2) is 226 Å². The van der Waals surface area contributed by atoms with Crippen LogP contribution in [0.3, 0.4) is 0 Å². The lowest BCUT2D eigenvalue weighted by molar-refractivity contribution is -0.143. The number of aliphatic carboxylic acids is 1. The monoisotopic (exact) mass is 1270 g/mol. The smallest absolute Gasteiger partial charge is 0.305 e. The molecule has 88 heavy (non-hydrogen) atoms. The fourth-order valence-corrected chi connectivity index (χ4v) is 11.6. The number of benzene rings is 2. The van der Waals surface area contributed by atoms with Crippen LogP contribution < -0.4 is 58.5 Å². The number of nitrogens with one attached hydrogen (secondary N) is 11. The highest BCUT2D eigenvalue weighted by atomic mass is 33.1. The molecule has 1 unspecified atom stereocenters. The first kappa shape index (κ1) is 72.2. The number of rotatable bonds is 22. The average Bonchev–Trinajstić information content (AvgIpc) is 4.22. The van der Waals surface area contributed by atoms with E-state index in [0.717, 1.165) is 21.6 Å². The summed E-state index contributed by atoms with van der Waals surface area (Å²) < 4.78 is 0. The Bertz CT molecular complexity index is 2780. The van der Waals surface area contributed by atoms with Crippen LogP contribution in [0.25, 0.3) is 0 Å². The average molecular weight is 1270 g/mol. The van der Waals surface area contributed by atoms with Gasteiger partial charge in [0.2, 0.25) is 70.9 Å². The van der Waals surface area contributed by atoms with Crippen molar-refractivity contribution in [3.05, 3.63) is 59.7 Å². The summed E-state index contributed by atoms with van der Waals surface area (Å²) >= 11 is 0. The van der Waals surface area contributed by atoms with Crippen molar-refractivity contribution in [1.29, 1.82) is 0 Å². The summed E-state index contributed by atoms with van der Waals surface area (Å²) in [5.74, 6) is -12.4. The van der Waals surface area contributed by atoms with E-state index in [4.69, 9.17) is 0 Å². The van der Waals surface area contributed by atoms with Gasteiger partial charge in [0.15, 0.2) is 0 Å². The highest BCUT2D eigenvalue weighted by molar-refractivity contribution is 8.76. The third-order valence-corrected chi connectivity index (χ3v) is 16.2. The van der Waals surface area contributed by atoms with E-state index in [0.29, 0.717) is 17.5 Å². The Morgan fingerprint density at radius 3 is 1.75 bits per heavy atom. The molecule has 0 saturated carbocycles.